The van der Waals surface area contributed by atoms with E-state index in [1.165, 1.54) is 7.11 Å². The van der Waals surface area contributed by atoms with Crippen LogP contribution in [0.25, 0.3) is 0 Å². The molecule has 1 aromatic rings. The van der Waals surface area contributed by atoms with Crippen molar-refractivity contribution < 1.29 is 13.9 Å². The molecule has 1 aliphatic rings. The predicted octanol–water partition coefficient (Wildman–Crippen LogP) is 2.45. The van der Waals surface area contributed by atoms with Gasteiger partial charge < -0.3 is 4.74 Å². The number of fused-ring (bicyclic) bond motifs is 1. The molecule has 3 heteroatoms. The largest absolute Gasteiger partial charge is 0.494 e. The summed E-state index contributed by atoms with van der Waals surface area (Å²) >= 11 is 0. The van der Waals surface area contributed by atoms with Crippen LogP contribution in [0.3, 0.4) is 0 Å². The number of benzene rings is 1. The van der Waals surface area contributed by atoms with Crippen molar-refractivity contribution in [3.8, 4) is 5.75 Å². The maximum absolute atomic E-state index is 13.9. The molecule has 1 unspecified atom stereocenters. The molecule has 0 radical (unpaired) electrons. The Hall–Kier alpha value is -1.38. The maximum Gasteiger partial charge on any atom is 0.169 e. The van der Waals surface area contributed by atoms with Crippen LogP contribution in [0.2, 0.25) is 0 Å². The molecule has 1 aliphatic carbocycles. The molecular weight excluding hydrogens is 195 g/mol. The minimum Gasteiger partial charge on any atom is -0.494 e. The summed E-state index contributed by atoms with van der Waals surface area (Å²) in [6, 6.07) is 3.47. The first-order chi connectivity index (χ1) is 7.15. The molecule has 1 aromatic carbocycles. The number of aryl methyl sites for hydroxylation is 1. The van der Waals surface area contributed by atoms with Crippen molar-refractivity contribution in [3.05, 3.63) is 29.1 Å². The summed E-state index contributed by atoms with van der Waals surface area (Å²) in [7, 11) is 1.43. The monoisotopic (exact) mass is 208 g/mol. The first kappa shape index (κ1) is 10.1. The third-order valence-corrected chi connectivity index (χ3v) is 3.01. The van der Waals surface area contributed by atoms with Gasteiger partial charge in [0.25, 0.3) is 0 Å². The van der Waals surface area contributed by atoms with Crippen molar-refractivity contribution >= 4 is 5.78 Å². The Kier molecular flexibility index (Phi) is 2.47. The molecule has 0 aliphatic heterocycles. The number of carbonyl (C=O) groups excluding carboxylic acids is 1. The van der Waals surface area contributed by atoms with E-state index in [1.807, 2.05) is 6.07 Å². The topological polar surface area (TPSA) is 26.3 Å². The van der Waals surface area contributed by atoms with E-state index in [2.05, 4.69) is 0 Å². The number of methoxy groups -OCH3 is 1. The fourth-order valence-corrected chi connectivity index (χ4v) is 2.09. The molecule has 2 rings (SSSR count). The number of ether oxygens (including phenoxy) is 1. The molecule has 0 bridgehead atoms. The van der Waals surface area contributed by atoms with Gasteiger partial charge in [0.05, 0.1) is 7.11 Å². The third-order valence-electron chi connectivity index (χ3n) is 3.01. The molecule has 80 valence electrons. The van der Waals surface area contributed by atoms with Crippen molar-refractivity contribution in [1.82, 2.24) is 0 Å². The molecular formula is C12H13FO2. The molecule has 2 nitrogen and oxygen atoms in total. The lowest BCUT2D eigenvalue weighted by Crippen LogP contribution is -2.19. The van der Waals surface area contributed by atoms with Gasteiger partial charge in [0.2, 0.25) is 0 Å². The van der Waals surface area contributed by atoms with E-state index >= 15 is 0 Å². The normalized spacial score (nSPS) is 19.9. The lowest BCUT2D eigenvalue weighted by Gasteiger charge is -2.22. The van der Waals surface area contributed by atoms with Gasteiger partial charge in [-0.3, -0.25) is 4.79 Å². The van der Waals surface area contributed by atoms with Gasteiger partial charge >= 0.3 is 0 Å². The zero-order valence-electron chi connectivity index (χ0n) is 8.84. The lowest BCUT2D eigenvalue weighted by molar-refractivity contribution is -0.120. The number of ketones is 1. The van der Waals surface area contributed by atoms with E-state index in [-0.39, 0.29) is 23.3 Å². The van der Waals surface area contributed by atoms with Crippen molar-refractivity contribution in [2.45, 2.75) is 25.7 Å². The van der Waals surface area contributed by atoms with Crippen LogP contribution >= 0.6 is 0 Å². The minimum absolute atomic E-state index is 0.106. The number of rotatable bonds is 1. The molecule has 15 heavy (non-hydrogen) atoms. The number of carbonyl (C=O) groups is 1. The Morgan fingerprint density at radius 1 is 1.40 bits per heavy atom. The Morgan fingerprint density at radius 2 is 2.13 bits per heavy atom. The average molecular weight is 208 g/mol. The van der Waals surface area contributed by atoms with E-state index in [9.17, 15) is 9.18 Å². The molecule has 0 saturated heterocycles. The van der Waals surface area contributed by atoms with E-state index in [4.69, 9.17) is 4.74 Å². The van der Waals surface area contributed by atoms with Gasteiger partial charge in [0.1, 0.15) is 5.78 Å². The van der Waals surface area contributed by atoms with E-state index in [0.29, 0.717) is 18.4 Å². The minimum atomic E-state index is -0.379. The van der Waals surface area contributed by atoms with E-state index < -0.39 is 0 Å². The van der Waals surface area contributed by atoms with Crippen molar-refractivity contribution in [2.75, 3.05) is 7.11 Å². The zero-order valence-corrected chi connectivity index (χ0v) is 8.84. The quantitative estimate of drug-likeness (QED) is 0.708. The highest BCUT2D eigenvalue weighted by Crippen LogP contribution is 2.34. The average Bonchev–Trinajstić information content (AvgIpc) is 2.24. The molecule has 0 spiro atoms. The highest BCUT2D eigenvalue weighted by atomic mass is 19.1. The highest BCUT2D eigenvalue weighted by molar-refractivity contribution is 5.87. The van der Waals surface area contributed by atoms with Crippen LogP contribution < -0.4 is 4.74 Å². The van der Waals surface area contributed by atoms with Gasteiger partial charge in [-0.2, -0.15) is 0 Å². The van der Waals surface area contributed by atoms with Gasteiger partial charge in [-0.05, 0) is 18.1 Å². The fraction of sp³-hybridized carbons (Fsp3) is 0.417. The van der Waals surface area contributed by atoms with Crippen LogP contribution in [0.5, 0.6) is 5.75 Å². The number of hydrogen-bond donors (Lipinski definition) is 0. The van der Waals surface area contributed by atoms with Gasteiger partial charge in [-0.15, -0.1) is 0 Å². The van der Waals surface area contributed by atoms with Gasteiger partial charge in [-0.25, -0.2) is 4.39 Å². The van der Waals surface area contributed by atoms with Crippen molar-refractivity contribution in [1.29, 1.82) is 0 Å². The van der Waals surface area contributed by atoms with Crippen LogP contribution in [-0.2, 0) is 11.2 Å². The van der Waals surface area contributed by atoms with Crippen LogP contribution in [0.1, 0.15) is 30.4 Å². The molecule has 0 amide bonds. The zero-order chi connectivity index (χ0) is 11.0. The summed E-state index contributed by atoms with van der Waals surface area (Å²) in [5.74, 6) is -0.399. The third kappa shape index (κ3) is 1.52. The van der Waals surface area contributed by atoms with E-state index in [1.54, 1.807) is 13.0 Å². The molecule has 0 saturated carbocycles. The first-order valence-corrected chi connectivity index (χ1v) is 5.03. The molecule has 0 heterocycles. The predicted molar refractivity (Wildman–Crippen MR) is 54.7 cm³/mol. The molecule has 0 N–H and O–H groups in total. The summed E-state index contributed by atoms with van der Waals surface area (Å²) in [6.45, 7) is 1.75. The lowest BCUT2D eigenvalue weighted by atomic mass is 9.82. The Morgan fingerprint density at radius 3 is 2.80 bits per heavy atom. The molecule has 0 fully saturated rings. The van der Waals surface area contributed by atoms with Crippen LogP contribution in [0.15, 0.2) is 12.1 Å². The second-order valence-electron chi connectivity index (χ2n) is 3.84. The fourth-order valence-electron chi connectivity index (χ4n) is 2.09. The second kappa shape index (κ2) is 3.65. The number of Topliss-reactive ketones (excluding diaryl/α,β-unsaturated/α-hetero) is 1. The second-order valence-corrected chi connectivity index (χ2v) is 3.84. The number of halogens is 1. The Balaban J connectivity index is 2.58. The number of hydrogen-bond acceptors (Lipinski definition) is 2. The van der Waals surface area contributed by atoms with Crippen molar-refractivity contribution in [3.63, 3.8) is 0 Å². The Bertz CT molecular complexity index is 412. The molecule has 1 atom stereocenters. The maximum atomic E-state index is 13.9. The van der Waals surface area contributed by atoms with Crippen LogP contribution in [0, 0.1) is 5.82 Å². The molecule has 0 aromatic heterocycles. The van der Waals surface area contributed by atoms with E-state index in [0.717, 1.165) is 5.56 Å². The summed E-state index contributed by atoms with van der Waals surface area (Å²) < 4.78 is 18.8. The van der Waals surface area contributed by atoms with Crippen LogP contribution in [-0.4, -0.2) is 12.9 Å². The SMILES string of the molecule is COc1ccc2c(c1F)C(C)C(=O)CC2. The summed E-state index contributed by atoms with van der Waals surface area (Å²) in [5.41, 5.74) is 1.45. The van der Waals surface area contributed by atoms with Gasteiger partial charge in [-0.1, -0.05) is 13.0 Å². The van der Waals surface area contributed by atoms with Crippen LogP contribution in [0.4, 0.5) is 4.39 Å². The Labute approximate surface area is 88.1 Å². The van der Waals surface area contributed by atoms with Crippen molar-refractivity contribution in [2.24, 2.45) is 0 Å². The van der Waals surface area contributed by atoms with Gasteiger partial charge in [0.15, 0.2) is 11.6 Å². The first-order valence-electron chi connectivity index (χ1n) is 5.03. The smallest absolute Gasteiger partial charge is 0.169 e. The highest BCUT2D eigenvalue weighted by Gasteiger charge is 2.28. The van der Waals surface area contributed by atoms with Gasteiger partial charge in [0, 0.05) is 17.9 Å². The standard InChI is InChI=1S/C12H13FO2/c1-7-9(14)5-3-8-4-6-10(15-2)12(13)11(7)8/h4,6-7H,3,5H2,1-2H3. The summed E-state index contributed by atoms with van der Waals surface area (Å²) in [5, 5.41) is 0. The summed E-state index contributed by atoms with van der Waals surface area (Å²) in [6.07, 6.45) is 1.15. The summed E-state index contributed by atoms with van der Waals surface area (Å²) in [4.78, 5) is 11.5.